The number of nitrogens with zero attached hydrogens (tertiary/aromatic N) is 3. The molecule has 0 aliphatic rings. The van der Waals surface area contributed by atoms with Gasteiger partial charge in [0.05, 0.1) is 0 Å². The first-order valence-corrected chi connectivity index (χ1v) is 19.3. The molecule has 6 heteroatoms. The van der Waals surface area contributed by atoms with Gasteiger partial charge < -0.3 is 23.7 Å². The van der Waals surface area contributed by atoms with Crippen molar-refractivity contribution in [3.8, 4) is 0 Å². The van der Waals surface area contributed by atoms with Crippen LogP contribution in [0.3, 0.4) is 0 Å². The van der Waals surface area contributed by atoms with Crippen LogP contribution in [-0.4, -0.2) is 34.3 Å². The van der Waals surface area contributed by atoms with Gasteiger partial charge in [-0.15, -0.1) is 12.1 Å². The van der Waals surface area contributed by atoms with Gasteiger partial charge in [0, 0.05) is 0 Å². The van der Waals surface area contributed by atoms with Crippen molar-refractivity contribution in [2.75, 3.05) is 0 Å². The summed E-state index contributed by atoms with van der Waals surface area (Å²) in [6.45, 7) is 34.5. The molecule has 0 aromatic rings. The van der Waals surface area contributed by atoms with E-state index in [1.165, 1.54) is 55.9 Å². The van der Waals surface area contributed by atoms with Crippen molar-refractivity contribution in [1.82, 2.24) is 0 Å². The van der Waals surface area contributed by atoms with Crippen LogP contribution in [0.5, 0.6) is 0 Å². The van der Waals surface area contributed by atoms with Crippen molar-refractivity contribution in [1.29, 1.82) is 0 Å². The molecule has 0 N–H and O–H groups in total. The minimum Gasteiger partial charge on any atom is -0.342 e. The molecule has 0 aromatic heterocycles. The summed E-state index contributed by atoms with van der Waals surface area (Å²) < 4.78 is 3.97. The molecule has 0 fully saturated rings. The van der Waals surface area contributed by atoms with E-state index in [1.807, 2.05) is 27.7 Å². The molecule has 31 heavy (non-hydrogen) atoms. The summed E-state index contributed by atoms with van der Waals surface area (Å²) in [6.07, 6.45) is 3.51. The van der Waals surface area contributed by atoms with Crippen LogP contribution < -0.4 is 0 Å². The van der Waals surface area contributed by atoms with Crippen molar-refractivity contribution >= 4 is 16.1 Å². The molecule has 0 rings (SSSR count). The predicted molar refractivity (Wildman–Crippen MR) is 149 cm³/mol. The second-order valence-corrected chi connectivity index (χ2v) is 20.1. The van der Waals surface area contributed by atoms with Crippen LogP contribution in [0.4, 0.5) is 0 Å². The molecule has 0 saturated heterocycles. The maximum Gasteiger partial charge on any atom is -0.0700 e. The molecule has 0 heterocycles. The van der Waals surface area contributed by atoms with Crippen LogP contribution in [0, 0.1) is 13.1 Å². The molecule has 0 saturated carbocycles. The maximum atomic E-state index is 4.26. The van der Waals surface area contributed by atoms with Gasteiger partial charge in [-0.3, -0.25) is 0 Å². The molecule has 0 bridgehead atoms. The zero-order valence-electron chi connectivity index (χ0n) is 23.3. The Morgan fingerprint density at radius 1 is 0.645 bits per heavy atom. The Bertz CT molecular complexity index is 346. The molecule has 0 amide bonds. The minimum atomic E-state index is -0.921. The summed E-state index contributed by atoms with van der Waals surface area (Å²) in [5.74, 6) is 0. The van der Waals surface area contributed by atoms with Crippen molar-refractivity contribution in [3.63, 3.8) is 0 Å². The SMILES string of the molecule is CC(C)[N-]/C=C\[N-]C(C)C.CC(C)[N]=[W].[CH2-][Si](CC)(CC)CC.[CH2-][Si](CC)(CC)CC. The van der Waals surface area contributed by atoms with E-state index in [4.69, 9.17) is 0 Å². The van der Waals surface area contributed by atoms with Gasteiger partial charge >= 0.3 is 43.0 Å². The van der Waals surface area contributed by atoms with E-state index in [9.17, 15) is 0 Å². The Morgan fingerprint density at radius 3 is 0.903 bits per heavy atom. The smallest absolute Gasteiger partial charge is 0.0700 e. The molecule has 0 atom stereocenters. The molecule has 0 unspecified atom stereocenters. The Kier molecular flexibility index (Phi) is 30.9. The third kappa shape index (κ3) is 32.5. The van der Waals surface area contributed by atoms with Gasteiger partial charge in [-0.2, -0.15) is 0 Å². The van der Waals surface area contributed by atoms with Crippen LogP contribution in [0.25, 0.3) is 10.6 Å². The molecule has 0 aliphatic heterocycles. The van der Waals surface area contributed by atoms with Crippen molar-refractivity contribution in [2.45, 2.75) is 137 Å². The van der Waals surface area contributed by atoms with Crippen LogP contribution in [-0.2, 0) is 19.6 Å². The fraction of sp³-hybridized carbons (Fsp3) is 0.840. The average molecular weight is 640 g/mol. The normalized spacial score (nSPS) is 11.3. The van der Waals surface area contributed by atoms with Crippen molar-refractivity contribution in [2.24, 2.45) is 3.50 Å². The molecule has 0 radical (unpaired) electrons. The molecular weight excluding hydrogens is 582 g/mol. The monoisotopic (exact) mass is 639 g/mol. The first kappa shape index (κ1) is 38.5. The maximum absolute atomic E-state index is 4.26. The second-order valence-electron chi connectivity index (χ2n) is 9.10. The minimum absolute atomic E-state index is 0.374. The summed E-state index contributed by atoms with van der Waals surface area (Å²) in [5.41, 5.74) is 0. The molecule has 0 aromatic carbocycles. The summed E-state index contributed by atoms with van der Waals surface area (Å²) in [7, 11) is -1.84. The van der Waals surface area contributed by atoms with E-state index in [0.29, 0.717) is 18.1 Å². The van der Waals surface area contributed by atoms with Crippen LogP contribution in [0.1, 0.15) is 83.1 Å². The quantitative estimate of drug-likeness (QED) is 0.160. The Labute approximate surface area is 212 Å². The summed E-state index contributed by atoms with van der Waals surface area (Å²) in [6, 6.07) is 9.38. The van der Waals surface area contributed by atoms with Gasteiger partial charge in [0.1, 0.15) is 0 Å². The van der Waals surface area contributed by atoms with E-state index < -0.39 is 16.1 Å². The fourth-order valence-corrected chi connectivity index (χ4v) is 4.92. The van der Waals surface area contributed by atoms with Crippen molar-refractivity contribution < 1.29 is 19.6 Å². The van der Waals surface area contributed by atoms with E-state index in [2.05, 4.69) is 82.6 Å². The Morgan fingerprint density at radius 2 is 0.839 bits per heavy atom. The third-order valence-corrected chi connectivity index (χ3v) is 16.1. The van der Waals surface area contributed by atoms with E-state index >= 15 is 0 Å². The third-order valence-electron chi connectivity index (χ3n) is 5.55. The van der Waals surface area contributed by atoms with Crippen molar-refractivity contribution in [3.05, 3.63) is 36.1 Å². The van der Waals surface area contributed by atoms with Gasteiger partial charge in [0.15, 0.2) is 0 Å². The first-order valence-electron chi connectivity index (χ1n) is 12.3. The van der Waals surface area contributed by atoms with Crippen LogP contribution >= 0.6 is 0 Å². The van der Waals surface area contributed by atoms with Gasteiger partial charge in [-0.1, -0.05) is 122 Å². The molecule has 3 nitrogen and oxygen atoms in total. The fourth-order valence-electron chi connectivity index (χ4n) is 1.92. The molecular formula is C25H57N3Si2W-4. The van der Waals surface area contributed by atoms with Crippen LogP contribution in [0.2, 0.25) is 36.3 Å². The van der Waals surface area contributed by atoms with E-state index in [1.54, 1.807) is 12.4 Å². The number of hydrogen-bond acceptors (Lipinski definition) is 1. The number of rotatable bonds is 11. The van der Waals surface area contributed by atoms with E-state index in [-0.39, 0.29) is 0 Å². The van der Waals surface area contributed by atoms with Crippen LogP contribution in [0.15, 0.2) is 15.9 Å². The number of hydrogen-bond donors (Lipinski definition) is 0. The topological polar surface area (TPSA) is 40.6 Å². The molecule has 190 valence electrons. The summed E-state index contributed by atoms with van der Waals surface area (Å²) >= 11 is 1.33. The van der Waals surface area contributed by atoms with Gasteiger partial charge in [0.2, 0.25) is 0 Å². The second kappa shape index (κ2) is 24.9. The summed E-state index contributed by atoms with van der Waals surface area (Å²) in [4.78, 5) is 0. The van der Waals surface area contributed by atoms with E-state index in [0.717, 1.165) is 0 Å². The van der Waals surface area contributed by atoms with Gasteiger partial charge in [0.25, 0.3) is 0 Å². The Hall–Kier alpha value is 0.262. The standard InChI is InChI=1S/C8H16N2.2C7H17Si.C3H7N.W/c1-7(2)9-5-6-10-8(3)4;2*1-5-8(4,6-2)7-3;1-3(2)4;/h5-8H,1-4H3;2*4-7H2,1-3H3;3H,1-2H3;/q-2;2*-1;;/b6-5-;;;;. The molecule has 0 spiro atoms. The largest absolute Gasteiger partial charge is 0.342 e. The zero-order valence-corrected chi connectivity index (χ0v) is 28.2. The zero-order chi connectivity index (χ0) is 25.5. The first-order chi connectivity index (χ1) is 14.3. The summed E-state index contributed by atoms with van der Waals surface area (Å²) in [5, 5.41) is 8.24. The predicted octanol–water partition coefficient (Wildman–Crippen LogP) is 9.88. The average Bonchev–Trinajstić information content (AvgIpc) is 2.76. The molecule has 0 aliphatic carbocycles. The van der Waals surface area contributed by atoms with Gasteiger partial charge in [-0.05, 0) is 0 Å². The van der Waals surface area contributed by atoms with Gasteiger partial charge in [-0.25, -0.2) is 12.4 Å². The Balaban J connectivity index is -0.000000161.